The van der Waals surface area contributed by atoms with E-state index in [0.29, 0.717) is 23.1 Å². The van der Waals surface area contributed by atoms with Crippen molar-refractivity contribution in [3.8, 4) is 11.3 Å². The molecule has 0 amide bonds. The molecule has 1 fully saturated rings. The van der Waals surface area contributed by atoms with Gasteiger partial charge in [0.25, 0.3) is 5.56 Å². The molecular formula is C14H13N5O2. The number of nitrogens with zero attached hydrogens (tertiary/aromatic N) is 3. The number of rotatable bonds is 2. The lowest BCUT2D eigenvalue weighted by Gasteiger charge is -2.06. The van der Waals surface area contributed by atoms with Crippen molar-refractivity contribution in [3.63, 3.8) is 0 Å². The van der Waals surface area contributed by atoms with Gasteiger partial charge in [-0.3, -0.25) is 9.78 Å². The van der Waals surface area contributed by atoms with E-state index in [1.165, 1.54) is 6.20 Å². The molecule has 0 unspecified atom stereocenters. The number of imidazole rings is 1. The standard InChI is InChI=1S/C14H13N5O2/c1-7-4-8(7)9-5-11(18-19-3-2-15-12(9)19)10-6-16-14(21)17-13(10)20/h2-3,5-8H,4H2,1H3,(H2,16,17,20,21)/t7-,8-/m0/s1. The smallest absolute Gasteiger partial charge is 0.313 e. The van der Waals surface area contributed by atoms with E-state index >= 15 is 0 Å². The van der Waals surface area contributed by atoms with Gasteiger partial charge < -0.3 is 4.98 Å². The molecule has 0 radical (unpaired) electrons. The van der Waals surface area contributed by atoms with E-state index in [9.17, 15) is 9.59 Å². The maximum atomic E-state index is 11.9. The zero-order valence-electron chi connectivity index (χ0n) is 11.3. The molecule has 1 aliphatic carbocycles. The van der Waals surface area contributed by atoms with Gasteiger partial charge in [0.15, 0.2) is 5.65 Å². The second-order valence-electron chi connectivity index (χ2n) is 5.49. The maximum Gasteiger partial charge on any atom is 0.325 e. The van der Waals surface area contributed by atoms with Gasteiger partial charge >= 0.3 is 5.69 Å². The van der Waals surface area contributed by atoms with Gasteiger partial charge in [-0.15, -0.1) is 0 Å². The summed E-state index contributed by atoms with van der Waals surface area (Å²) in [6.45, 7) is 2.19. The van der Waals surface area contributed by atoms with E-state index in [2.05, 4.69) is 27.0 Å². The topological polar surface area (TPSA) is 95.9 Å². The Balaban J connectivity index is 1.97. The molecule has 106 valence electrons. The lowest BCUT2D eigenvalue weighted by molar-refractivity contribution is 0.879. The highest BCUT2D eigenvalue weighted by Gasteiger charge is 2.36. The Hall–Kier alpha value is -2.70. The number of aromatic nitrogens is 5. The molecule has 3 aromatic rings. The van der Waals surface area contributed by atoms with Gasteiger partial charge in [-0.1, -0.05) is 6.92 Å². The third kappa shape index (κ3) is 1.89. The van der Waals surface area contributed by atoms with Crippen molar-refractivity contribution in [2.24, 2.45) is 5.92 Å². The molecule has 21 heavy (non-hydrogen) atoms. The Labute approximate surface area is 118 Å². The van der Waals surface area contributed by atoms with Gasteiger partial charge in [-0.05, 0) is 24.3 Å². The SMILES string of the molecule is C[C@H]1C[C@@H]1c1cc(-c2c[nH]c(=O)[nH]c2=O)nn2ccnc12. The molecule has 0 bridgehead atoms. The van der Waals surface area contributed by atoms with E-state index in [1.807, 2.05) is 6.07 Å². The summed E-state index contributed by atoms with van der Waals surface area (Å²) in [5.74, 6) is 1.08. The first-order chi connectivity index (χ1) is 10.1. The van der Waals surface area contributed by atoms with Crippen molar-refractivity contribution < 1.29 is 0 Å². The van der Waals surface area contributed by atoms with Crippen LogP contribution in [0, 0.1) is 5.92 Å². The quantitative estimate of drug-likeness (QED) is 0.730. The van der Waals surface area contributed by atoms with Crippen molar-refractivity contribution in [2.45, 2.75) is 19.3 Å². The number of H-pyrrole nitrogens is 2. The minimum Gasteiger partial charge on any atom is -0.313 e. The molecule has 0 saturated heterocycles. The summed E-state index contributed by atoms with van der Waals surface area (Å²) in [5.41, 5.74) is 1.84. The van der Waals surface area contributed by atoms with Crippen LogP contribution in [0.5, 0.6) is 0 Å². The van der Waals surface area contributed by atoms with E-state index < -0.39 is 11.2 Å². The second-order valence-corrected chi connectivity index (χ2v) is 5.49. The number of aromatic amines is 2. The summed E-state index contributed by atoms with van der Waals surface area (Å²) in [7, 11) is 0. The zero-order chi connectivity index (χ0) is 14.6. The molecule has 1 aliphatic rings. The van der Waals surface area contributed by atoms with Crippen molar-refractivity contribution in [1.82, 2.24) is 24.6 Å². The zero-order valence-corrected chi connectivity index (χ0v) is 11.3. The highest BCUT2D eigenvalue weighted by Crippen LogP contribution is 2.48. The lowest BCUT2D eigenvalue weighted by atomic mass is 10.1. The normalized spacial score (nSPS) is 20.8. The van der Waals surface area contributed by atoms with Crippen LogP contribution in [0.15, 0.2) is 34.2 Å². The van der Waals surface area contributed by atoms with Crippen LogP contribution in [0.2, 0.25) is 0 Å². The van der Waals surface area contributed by atoms with Gasteiger partial charge in [0.2, 0.25) is 0 Å². The summed E-state index contributed by atoms with van der Waals surface area (Å²) in [5, 5.41) is 4.40. The van der Waals surface area contributed by atoms with Gasteiger partial charge in [-0.25, -0.2) is 14.3 Å². The minimum atomic E-state index is -0.525. The fraction of sp³-hybridized carbons (Fsp3) is 0.286. The van der Waals surface area contributed by atoms with Crippen molar-refractivity contribution in [3.05, 3.63) is 51.1 Å². The van der Waals surface area contributed by atoms with Gasteiger partial charge in [0, 0.05) is 24.2 Å². The number of hydrogen-bond donors (Lipinski definition) is 2. The Kier molecular flexibility index (Phi) is 2.38. The second kappa shape index (κ2) is 4.15. The third-order valence-electron chi connectivity index (χ3n) is 3.99. The Morgan fingerprint density at radius 1 is 1.38 bits per heavy atom. The van der Waals surface area contributed by atoms with Crippen LogP contribution < -0.4 is 11.2 Å². The average molecular weight is 283 g/mol. The molecule has 0 aliphatic heterocycles. The molecule has 1 saturated carbocycles. The molecule has 4 rings (SSSR count). The number of fused-ring (bicyclic) bond motifs is 1. The Morgan fingerprint density at radius 3 is 2.90 bits per heavy atom. The molecule has 0 aromatic carbocycles. The third-order valence-corrected chi connectivity index (χ3v) is 3.99. The molecule has 2 atom stereocenters. The van der Waals surface area contributed by atoms with Crippen LogP contribution in [0.3, 0.4) is 0 Å². The lowest BCUT2D eigenvalue weighted by Crippen LogP contribution is -2.23. The van der Waals surface area contributed by atoms with Gasteiger partial charge in [-0.2, -0.15) is 5.10 Å². The highest BCUT2D eigenvalue weighted by molar-refractivity contribution is 5.62. The first kappa shape index (κ1) is 12.1. The van der Waals surface area contributed by atoms with Crippen LogP contribution in [0.25, 0.3) is 16.9 Å². The molecule has 0 spiro atoms. The molecule has 2 N–H and O–H groups in total. The fourth-order valence-corrected chi connectivity index (χ4v) is 2.70. The molecule has 3 aromatic heterocycles. The van der Waals surface area contributed by atoms with E-state index in [0.717, 1.165) is 17.6 Å². The summed E-state index contributed by atoms with van der Waals surface area (Å²) in [6, 6.07) is 1.90. The van der Waals surface area contributed by atoms with Crippen LogP contribution >= 0.6 is 0 Å². The molecule has 3 heterocycles. The molecular weight excluding hydrogens is 270 g/mol. The molecule has 7 nitrogen and oxygen atoms in total. The first-order valence-electron chi connectivity index (χ1n) is 6.80. The summed E-state index contributed by atoms with van der Waals surface area (Å²) < 4.78 is 1.68. The number of nitrogens with one attached hydrogen (secondary N) is 2. The first-order valence-corrected chi connectivity index (χ1v) is 6.80. The van der Waals surface area contributed by atoms with Crippen molar-refractivity contribution >= 4 is 5.65 Å². The van der Waals surface area contributed by atoms with E-state index in [1.54, 1.807) is 16.9 Å². The predicted molar refractivity (Wildman–Crippen MR) is 76.2 cm³/mol. The monoisotopic (exact) mass is 283 g/mol. The Bertz CT molecular complexity index is 952. The van der Waals surface area contributed by atoms with Crippen LogP contribution in [0.4, 0.5) is 0 Å². The van der Waals surface area contributed by atoms with Crippen molar-refractivity contribution in [1.29, 1.82) is 0 Å². The van der Waals surface area contributed by atoms with E-state index in [-0.39, 0.29) is 0 Å². The van der Waals surface area contributed by atoms with Crippen LogP contribution in [0.1, 0.15) is 24.8 Å². The largest absolute Gasteiger partial charge is 0.325 e. The summed E-state index contributed by atoms with van der Waals surface area (Å²) >= 11 is 0. The van der Waals surface area contributed by atoms with Crippen molar-refractivity contribution in [2.75, 3.05) is 0 Å². The minimum absolute atomic E-state index is 0.347. The van der Waals surface area contributed by atoms with Crippen LogP contribution in [-0.2, 0) is 0 Å². The van der Waals surface area contributed by atoms with Gasteiger partial charge in [0.05, 0.1) is 11.3 Å². The van der Waals surface area contributed by atoms with E-state index in [4.69, 9.17) is 0 Å². The van der Waals surface area contributed by atoms with Gasteiger partial charge in [0.1, 0.15) is 0 Å². The Morgan fingerprint density at radius 2 is 2.19 bits per heavy atom. The summed E-state index contributed by atoms with van der Waals surface area (Å²) in [6.07, 6.45) is 5.97. The average Bonchev–Trinajstić information content (AvgIpc) is 2.98. The fourth-order valence-electron chi connectivity index (χ4n) is 2.70. The predicted octanol–water partition coefficient (Wildman–Crippen LogP) is 0.896. The molecule has 7 heteroatoms. The summed E-state index contributed by atoms with van der Waals surface area (Å²) in [4.78, 5) is 32.1. The highest BCUT2D eigenvalue weighted by atomic mass is 16.2. The van der Waals surface area contributed by atoms with Crippen LogP contribution in [-0.4, -0.2) is 24.6 Å². The number of hydrogen-bond acceptors (Lipinski definition) is 4. The maximum absolute atomic E-state index is 11.9.